The molecule has 0 amide bonds. The summed E-state index contributed by atoms with van der Waals surface area (Å²) in [5.74, 6) is -0.356. The van der Waals surface area contributed by atoms with Crippen LogP contribution in [0.3, 0.4) is 0 Å². The fraction of sp³-hybridized carbons (Fsp3) is 0.529. The SMILES string of the molecule is Cl.Fc1ccc(-n2cc(CN3CCC(N4CCNCC4)C3)nn2)c(Cl)c1. The molecule has 0 saturated carbocycles. The Morgan fingerprint density at radius 2 is 2.04 bits per heavy atom. The second kappa shape index (κ2) is 8.63. The summed E-state index contributed by atoms with van der Waals surface area (Å²) in [6.45, 7) is 7.38. The van der Waals surface area contributed by atoms with Gasteiger partial charge in [0.05, 0.1) is 22.6 Å². The minimum atomic E-state index is -0.356. The molecule has 4 rings (SSSR count). The van der Waals surface area contributed by atoms with Gasteiger partial charge in [0.25, 0.3) is 0 Å². The van der Waals surface area contributed by atoms with E-state index in [0.29, 0.717) is 16.8 Å². The predicted molar refractivity (Wildman–Crippen MR) is 102 cm³/mol. The van der Waals surface area contributed by atoms with Crippen LogP contribution < -0.4 is 5.32 Å². The van der Waals surface area contributed by atoms with Crippen LogP contribution in [0.2, 0.25) is 5.02 Å². The van der Waals surface area contributed by atoms with E-state index in [0.717, 1.165) is 51.5 Å². The number of benzene rings is 1. The summed E-state index contributed by atoms with van der Waals surface area (Å²) in [7, 11) is 0. The van der Waals surface area contributed by atoms with Crippen LogP contribution in [0, 0.1) is 5.82 Å². The van der Waals surface area contributed by atoms with Crippen molar-refractivity contribution in [3.63, 3.8) is 0 Å². The topological polar surface area (TPSA) is 49.2 Å². The lowest BCUT2D eigenvalue weighted by molar-refractivity contribution is 0.170. The van der Waals surface area contributed by atoms with Crippen LogP contribution in [0.4, 0.5) is 4.39 Å². The second-order valence-corrected chi connectivity index (χ2v) is 7.12. The van der Waals surface area contributed by atoms with Gasteiger partial charge in [-0.2, -0.15) is 0 Å². The Morgan fingerprint density at radius 3 is 2.81 bits per heavy atom. The van der Waals surface area contributed by atoms with Crippen LogP contribution in [0.15, 0.2) is 24.4 Å². The molecule has 2 saturated heterocycles. The highest BCUT2D eigenvalue weighted by Crippen LogP contribution is 2.22. The minimum absolute atomic E-state index is 0. The van der Waals surface area contributed by atoms with Crippen LogP contribution in [0.25, 0.3) is 5.69 Å². The number of hydrogen-bond acceptors (Lipinski definition) is 5. The molecule has 2 aliphatic heterocycles. The Bertz CT molecular complexity index is 734. The van der Waals surface area contributed by atoms with Crippen LogP contribution in [-0.4, -0.2) is 70.1 Å². The van der Waals surface area contributed by atoms with E-state index in [9.17, 15) is 4.39 Å². The van der Waals surface area contributed by atoms with E-state index >= 15 is 0 Å². The molecule has 1 aromatic heterocycles. The van der Waals surface area contributed by atoms with Gasteiger partial charge in [0.2, 0.25) is 0 Å². The van der Waals surface area contributed by atoms with Gasteiger partial charge in [-0.1, -0.05) is 16.8 Å². The first-order valence-electron chi connectivity index (χ1n) is 8.73. The van der Waals surface area contributed by atoms with Crippen molar-refractivity contribution >= 4 is 24.0 Å². The van der Waals surface area contributed by atoms with E-state index in [2.05, 4.69) is 25.4 Å². The Morgan fingerprint density at radius 1 is 1.23 bits per heavy atom. The van der Waals surface area contributed by atoms with Gasteiger partial charge in [0.15, 0.2) is 0 Å². The van der Waals surface area contributed by atoms with Crippen LogP contribution in [0.1, 0.15) is 12.1 Å². The smallest absolute Gasteiger partial charge is 0.124 e. The van der Waals surface area contributed by atoms with Crippen molar-refractivity contribution in [2.45, 2.75) is 19.0 Å². The molecule has 0 aliphatic carbocycles. The molecule has 0 radical (unpaired) electrons. The largest absolute Gasteiger partial charge is 0.314 e. The molecule has 2 aliphatic rings. The fourth-order valence-corrected chi connectivity index (χ4v) is 3.94. The zero-order chi connectivity index (χ0) is 17.2. The summed E-state index contributed by atoms with van der Waals surface area (Å²) >= 11 is 6.10. The Kier molecular flexibility index (Phi) is 6.47. The van der Waals surface area contributed by atoms with Gasteiger partial charge < -0.3 is 5.32 Å². The maximum absolute atomic E-state index is 13.2. The van der Waals surface area contributed by atoms with E-state index in [-0.39, 0.29) is 18.2 Å². The molecule has 6 nitrogen and oxygen atoms in total. The van der Waals surface area contributed by atoms with Crippen molar-refractivity contribution in [3.05, 3.63) is 40.9 Å². The molecule has 26 heavy (non-hydrogen) atoms. The number of nitrogens with zero attached hydrogens (tertiary/aromatic N) is 5. The minimum Gasteiger partial charge on any atom is -0.314 e. The quantitative estimate of drug-likeness (QED) is 0.849. The molecule has 0 bridgehead atoms. The lowest BCUT2D eigenvalue weighted by Gasteiger charge is -2.32. The number of halogens is 3. The summed E-state index contributed by atoms with van der Waals surface area (Å²) in [6, 6.07) is 4.92. The lowest BCUT2D eigenvalue weighted by Crippen LogP contribution is -2.49. The maximum atomic E-state index is 13.2. The van der Waals surface area contributed by atoms with Gasteiger partial charge in [-0.25, -0.2) is 9.07 Å². The normalized spacial score (nSPS) is 21.7. The lowest BCUT2D eigenvalue weighted by atomic mass is 10.2. The van der Waals surface area contributed by atoms with Gasteiger partial charge in [-0.3, -0.25) is 9.80 Å². The van der Waals surface area contributed by atoms with Crippen molar-refractivity contribution in [3.8, 4) is 5.69 Å². The molecule has 3 heterocycles. The molecule has 0 spiro atoms. The number of likely N-dealkylation sites (tertiary alicyclic amines) is 1. The molecule has 1 atom stereocenters. The second-order valence-electron chi connectivity index (χ2n) is 6.71. The predicted octanol–water partition coefficient (Wildman–Crippen LogP) is 1.96. The molecule has 142 valence electrons. The Labute approximate surface area is 163 Å². The van der Waals surface area contributed by atoms with Crippen molar-refractivity contribution < 1.29 is 4.39 Å². The first kappa shape index (κ1) is 19.5. The van der Waals surface area contributed by atoms with Crippen LogP contribution >= 0.6 is 24.0 Å². The number of aromatic nitrogens is 3. The maximum Gasteiger partial charge on any atom is 0.124 e. The molecule has 2 aromatic rings. The van der Waals surface area contributed by atoms with Crippen molar-refractivity contribution in [1.29, 1.82) is 0 Å². The summed E-state index contributed by atoms with van der Waals surface area (Å²) < 4.78 is 14.8. The number of rotatable bonds is 4. The number of piperazine rings is 1. The third-order valence-electron chi connectivity index (χ3n) is 5.00. The highest BCUT2D eigenvalue weighted by Gasteiger charge is 2.28. The molecule has 1 N–H and O–H groups in total. The molecular weight excluding hydrogens is 378 g/mol. The summed E-state index contributed by atoms with van der Waals surface area (Å²) in [5.41, 5.74) is 1.54. The fourth-order valence-electron chi connectivity index (χ4n) is 3.69. The van der Waals surface area contributed by atoms with E-state index in [1.54, 1.807) is 10.7 Å². The van der Waals surface area contributed by atoms with E-state index in [4.69, 9.17) is 11.6 Å². The van der Waals surface area contributed by atoms with Crippen LogP contribution in [-0.2, 0) is 6.54 Å². The molecular formula is C17H23Cl2FN6. The van der Waals surface area contributed by atoms with Gasteiger partial charge in [-0.05, 0) is 24.6 Å². The van der Waals surface area contributed by atoms with E-state index < -0.39 is 0 Å². The van der Waals surface area contributed by atoms with Crippen LogP contribution in [0.5, 0.6) is 0 Å². The molecule has 1 aromatic carbocycles. The standard InChI is InChI=1S/C17H22ClFN6.ClH/c18-16-9-13(19)1-2-17(16)25-11-14(21-22-25)10-23-6-3-15(12-23)24-7-4-20-5-8-24;/h1-2,9,11,15,20H,3-8,10,12H2;1H. The average Bonchev–Trinajstić information content (AvgIpc) is 3.26. The molecule has 1 unspecified atom stereocenters. The average molecular weight is 401 g/mol. The highest BCUT2D eigenvalue weighted by molar-refractivity contribution is 6.32. The van der Waals surface area contributed by atoms with Gasteiger partial charge >= 0.3 is 0 Å². The molecule has 2 fully saturated rings. The first-order valence-corrected chi connectivity index (χ1v) is 9.10. The highest BCUT2D eigenvalue weighted by atomic mass is 35.5. The van der Waals surface area contributed by atoms with Crippen molar-refractivity contribution in [1.82, 2.24) is 30.1 Å². The summed E-state index contributed by atoms with van der Waals surface area (Å²) in [6.07, 6.45) is 3.08. The Hall–Kier alpha value is -1.25. The number of hydrogen-bond donors (Lipinski definition) is 1. The monoisotopic (exact) mass is 400 g/mol. The Balaban J connectivity index is 0.00000196. The van der Waals surface area contributed by atoms with Crippen molar-refractivity contribution in [2.24, 2.45) is 0 Å². The first-order chi connectivity index (χ1) is 12.2. The zero-order valence-corrected chi connectivity index (χ0v) is 16.0. The third kappa shape index (κ3) is 4.35. The van der Waals surface area contributed by atoms with E-state index in [1.165, 1.54) is 18.6 Å². The van der Waals surface area contributed by atoms with E-state index in [1.807, 2.05) is 6.20 Å². The van der Waals surface area contributed by atoms with Gasteiger partial charge in [0.1, 0.15) is 5.82 Å². The van der Waals surface area contributed by atoms with Gasteiger partial charge in [0, 0.05) is 51.9 Å². The zero-order valence-electron chi connectivity index (χ0n) is 14.4. The number of nitrogens with one attached hydrogen (secondary N) is 1. The summed E-state index contributed by atoms with van der Waals surface area (Å²) in [4.78, 5) is 5.01. The summed E-state index contributed by atoms with van der Waals surface area (Å²) in [5, 5.41) is 12.1. The van der Waals surface area contributed by atoms with Gasteiger partial charge in [-0.15, -0.1) is 17.5 Å². The third-order valence-corrected chi connectivity index (χ3v) is 5.30. The molecule has 9 heteroatoms. The van der Waals surface area contributed by atoms with Crippen molar-refractivity contribution in [2.75, 3.05) is 39.3 Å².